The van der Waals surface area contributed by atoms with Gasteiger partial charge in [0, 0.05) is 18.3 Å². The summed E-state index contributed by atoms with van der Waals surface area (Å²) in [5.41, 5.74) is 0. The molecule has 0 aromatic rings. The van der Waals surface area contributed by atoms with Crippen molar-refractivity contribution >= 4 is 5.84 Å². The van der Waals surface area contributed by atoms with E-state index in [0.29, 0.717) is 12.1 Å². The Morgan fingerprint density at radius 3 is 2.21 bits per heavy atom. The van der Waals surface area contributed by atoms with Gasteiger partial charge < -0.3 is 4.90 Å². The number of allylic oxidation sites excluding steroid dienone is 1. The molecular formula is C12H24N2. The number of aliphatic imine (C=N–C) groups is 1. The molecule has 0 atom stereocenters. The highest BCUT2D eigenvalue weighted by atomic mass is 15.2. The molecule has 2 nitrogen and oxygen atoms in total. The van der Waals surface area contributed by atoms with Gasteiger partial charge in [-0.15, -0.1) is 0 Å². The van der Waals surface area contributed by atoms with Gasteiger partial charge in [-0.25, -0.2) is 0 Å². The van der Waals surface area contributed by atoms with E-state index in [1.54, 1.807) is 0 Å². The van der Waals surface area contributed by atoms with Crippen molar-refractivity contribution in [3.8, 4) is 0 Å². The number of nitrogens with zero attached hydrogens (tertiary/aromatic N) is 2. The highest BCUT2D eigenvalue weighted by molar-refractivity contribution is 5.81. The molecule has 14 heavy (non-hydrogen) atoms. The highest BCUT2D eigenvalue weighted by Gasteiger charge is 2.07. The van der Waals surface area contributed by atoms with Crippen LogP contribution in [0.25, 0.3) is 0 Å². The Morgan fingerprint density at radius 2 is 1.86 bits per heavy atom. The van der Waals surface area contributed by atoms with E-state index >= 15 is 0 Å². The lowest BCUT2D eigenvalue weighted by Gasteiger charge is -2.25. The van der Waals surface area contributed by atoms with E-state index in [-0.39, 0.29) is 0 Å². The van der Waals surface area contributed by atoms with Gasteiger partial charge in [-0.3, -0.25) is 4.99 Å². The minimum absolute atomic E-state index is 0.367. The van der Waals surface area contributed by atoms with Gasteiger partial charge in [0.2, 0.25) is 0 Å². The van der Waals surface area contributed by atoms with Crippen molar-refractivity contribution < 1.29 is 0 Å². The van der Waals surface area contributed by atoms with Crippen molar-refractivity contribution in [2.24, 2.45) is 4.99 Å². The van der Waals surface area contributed by atoms with Gasteiger partial charge in [-0.2, -0.15) is 0 Å². The number of rotatable bonds is 4. The highest BCUT2D eigenvalue weighted by Crippen LogP contribution is 2.03. The molecule has 0 aromatic heterocycles. The van der Waals surface area contributed by atoms with Gasteiger partial charge >= 0.3 is 0 Å². The van der Waals surface area contributed by atoms with Crippen LogP contribution >= 0.6 is 0 Å². The van der Waals surface area contributed by atoms with Gasteiger partial charge in [0.1, 0.15) is 5.84 Å². The zero-order valence-electron chi connectivity index (χ0n) is 10.4. The fraction of sp³-hybridized carbons (Fsp3) is 0.750. The molecule has 2 heteroatoms. The van der Waals surface area contributed by atoms with Gasteiger partial charge in [0.05, 0.1) is 0 Å². The first kappa shape index (κ1) is 13.2. The minimum Gasteiger partial charge on any atom is -0.335 e. The fourth-order valence-corrected chi connectivity index (χ4v) is 1.31. The van der Waals surface area contributed by atoms with Crippen LogP contribution in [-0.2, 0) is 0 Å². The summed E-state index contributed by atoms with van der Waals surface area (Å²) in [4.78, 5) is 6.75. The van der Waals surface area contributed by atoms with Crippen LogP contribution in [0.3, 0.4) is 0 Å². The summed E-state index contributed by atoms with van der Waals surface area (Å²) in [5, 5.41) is 0. The third-order valence-corrected chi connectivity index (χ3v) is 1.88. The molecule has 0 saturated heterocycles. The van der Waals surface area contributed by atoms with Crippen LogP contribution in [0, 0.1) is 0 Å². The first-order valence-electron chi connectivity index (χ1n) is 5.48. The lowest BCUT2D eigenvalue weighted by Crippen LogP contribution is -2.30. The van der Waals surface area contributed by atoms with Crippen molar-refractivity contribution in [1.29, 1.82) is 0 Å². The lowest BCUT2D eigenvalue weighted by atomic mass is 10.3. The van der Waals surface area contributed by atoms with Crippen LogP contribution in [0.5, 0.6) is 0 Å². The molecule has 0 aliphatic rings. The molecular weight excluding hydrogens is 172 g/mol. The number of hydrogen-bond donors (Lipinski definition) is 0. The van der Waals surface area contributed by atoms with Crippen LogP contribution in [-0.4, -0.2) is 22.8 Å². The Morgan fingerprint density at radius 1 is 1.29 bits per heavy atom. The molecule has 0 unspecified atom stereocenters. The summed E-state index contributed by atoms with van der Waals surface area (Å²) in [6.07, 6.45) is 5.36. The molecule has 0 saturated carbocycles. The van der Waals surface area contributed by atoms with Crippen molar-refractivity contribution in [1.82, 2.24) is 4.90 Å². The van der Waals surface area contributed by atoms with E-state index in [0.717, 1.165) is 12.3 Å². The van der Waals surface area contributed by atoms with Crippen LogP contribution in [0.15, 0.2) is 17.3 Å². The van der Waals surface area contributed by atoms with E-state index in [1.807, 2.05) is 0 Å². The first-order chi connectivity index (χ1) is 6.49. The second-order valence-corrected chi connectivity index (χ2v) is 4.06. The third kappa shape index (κ3) is 5.05. The van der Waals surface area contributed by atoms with Gasteiger partial charge in [0.15, 0.2) is 0 Å². The normalized spacial score (nSPS) is 13.3. The number of hydrogen-bond acceptors (Lipinski definition) is 1. The molecule has 0 bridgehead atoms. The molecule has 0 amide bonds. The predicted molar refractivity (Wildman–Crippen MR) is 64.7 cm³/mol. The third-order valence-electron chi connectivity index (χ3n) is 1.88. The summed E-state index contributed by atoms with van der Waals surface area (Å²) in [7, 11) is 0. The molecule has 0 rings (SSSR count). The molecule has 0 heterocycles. The van der Waals surface area contributed by atoms with E-state index in [2.05, 4.69) is 63.7 Å². The van der Waals surface area contributed by atoms with Gasteiger partial charge in [-0.05, 0) is 41.0 Å². The van der Waals surface area contributed by atoms with E-state index in [4.69, 9.17) is 0 Å². The van der Waals surface area contributed by atoms with Crippen molar-refractivity contribution in [3.63, 3.8) is 0 Å². The monoisotopic (exact) mass is 196 g/mol. The Kier molecular flexibility index (Phi) is 6.26. The summed E-state index contributed by atoms with van der Waals surface area (Å²) in [5.74, 6) is 1.10. The molecule has 0 N–H and O–H groups in total. The molecule has 0 radical (unpaired) electrons. The Bertz CT molecular complexity index is 202. The summed E-state index contributed by atoms with van der Waals surface area (Å²) in [6, 6.07) is 0.839. The maximum atomic E-state index is 4.54. The molecule has 82 valence electrons. The SMILES string of the molecule is CC/C=C/N(C(C)=NC(C)C)C(C)C. The first-order valence-corrected chi connectivity index (χ1v) is 5.48. The summed E-state index contributed by atoms with van der Waals surface area (Å²) in [6.45, 7) is 12.8. The van der Waals surface area contributed by atoms with E-state index in [9.17, 15) is 0 Å². The smallest absolute Gasteiger partial charge is 0.100 e. The topological polar surface area (TPSA) is 15.6 Å². The van der Waals surface area contributed by atoms with Crippen LogP contribution < -0.4 is 0 Å². The lowest BCUT2D eigenvalue weighted by molar-refractivity contribution is 0.451. The summed E-state index contributed by atoms with van der Waals surface area (Å²) >= 11 is 0. The van der Waals surface area contributed by atoms with Crippen molar-refractivity contribution in [2.75, 3.05) is 0 Å². The Hall–Kier alpha value is -0.790. The number of amidine groups is 1. The van der Waals surface area contributed by atoms with Crippen LogP contribution in [0.1, 0.15) is 48.0 Å². The average molecular weight is 196 g/mol. The van der Waals surface area contributed by atoms with Crippen LogP contribution in [0.2, 0.25) is 0 Å². The fourth-order valence-electron chi connectivity index (χ4n) is 1.31. The van der Waals surface area contributed by atoms with Gasteiger partial charge in [0.25, 0.3) is 0 Å². The molecule has 0 spiro atoms. The molecule has 0 aromatic carbocycles. The average Bonchev–Trinajstić information content (AvgIpc) is 2.02. The second kappa shape index (κ2) is 6.63. The maximum Gasteiger partial charge on any atom is 0.100 e. The van der Waals surface area contributed by atoms with E-state index < -0.39 is 0 Å². The van der Waals surface area contributed by atoms with E-state index in [1.165, 1.54) is 0 Å². The Labute approximate surface area is 88.7 Å². The second-order valence-electron chi connectivity index (χ2n) is 4.06. The minimum atomic E-state index is 0.367. The molecule has 0 aliphatic heterocycles. The molecule has 0 fully saturated rings. The quantitative estimate of drug-likeness (QED) is 0.497. The van der Waals surface area contributed by atoms with Crippen molar-refractivity contribution in [3.05, 3.63) is 12.3 Å². The van der Waals surface area contributed by atoms with Gasteiger partial charge in [-0.1, -0.05) is 13.0 Å². The Balaban J connectivity index is 4.57. The molecule has 0 aliphatic carbocycles. The zero-order valence-corrected chi connectivity index (χ0v) is 10.4. The predicted octanol–water partition coefficient (Wildman–Crippen LogP) is 3.45. The summed E-state index contributed by atoms with van der Waals surface area (Å²) < 4.78 is 0. The standard InChI is InChI=1S/C12H24N2/c1-7-8-9-14(11(4)5)12(6)13-10(2)3/h8-11H,7H2,1-6H3/b9-8+,13-12?. The maximum absolute atomic E-state index is 4.54. The zero-order chi connectivity index (χ0) is 11.1. The largest absolute Gasteiger partial charge is 0.335 e. The van der Waals surface area contributed by atoms with Crippen LogP contribution in [0.4, 0.5) is 0 Å². The van der Waals surface area contributed by atoms with Crippen molar-refractivity contribution in [2.45, 2.75) is 60.0 Å².